The molecule has 1 atom stereocenters. The molecule has 0 saturated carbocycles. The lowest BCUT2D eigenvalue weighted by Crippen LogP contribution is -2.29. The molecule has 0 bridgehead atoms. The fourth-order valence-electron chi connectivity index (χ4n) is 2.74. The summed E-state index contributed by atoms with van der Waals surface area (Å²) >= 11 is 5.98. The average molecular weight is 373 g/mol. The largest absolute Gasteiger partial charge is 0.356 e. The van der Waals surface area contributed by atoms with Crippen LogP contribution in [-0.2, 0) is 9.59 Å². The molecule has 0 heterocycles. The molecule has 0 spiro atoms. The van der Waals surface area contributed by atoms with E-state index in [1.807, 2.05) is 54.6 Å². The Morgan fingerprint density at radius 3 is 2.23 bits per heavy atom. The first-order valence-corrected chi connectivity index (χ1v) is 9.28. The molecule has 0 radical (unpaired) electrons. The van der Waals surface area contributed by atoms with Crippen LogP contribution >= 0.6 is 11.6 Å². The SMILES string of the molecule is CC(=O)NCCCCCC(=O)N[C@@H](c1ccccc1)c1ccc(Cl)cc1. The van der Waals surface area contributed by atoms with Gasteiger partial charge in [-0.05, 0) is 36.1 Å². The van der Waals surface area contributed by atoms with Crippen molar-refractivity contribution in [2.24, 2.45) is 0 Å². The normalized spacial score (nSPS) is 11.6. The van der Waals surface area contributed by atoms with E-state index < -0.39 is 0 Å². The van der Waals surface area contributed by atoms with Crippen LogP contribution in [0, 0.1) is 0 Å². The monoisotopic (exact) mass is 372 g/mol. The van der Waals surface area contributed by atoms with Crippen molar-refractivity contribution in [3.63, 3.8) is 0 Å². The molecule has 2 amide bonds. The molecule has 0 aliphatic carbocycles. The Bertz CT molecular complexity index is 702. The van der Waals surface area contributed by atoms with Crippen LogP contribution in [0.25, 0.3) is 0 Å². The van der Waals surface area contributed by atoms with E-state index in [4.69, 9.17) is 11.6 Å². The van der Waals surface area contributed by atoms with Gasteiger partial charge in [0.25, 0.3) is 0 Å². The number of hydrogen-bond acceptors (Lipinski definition) is 2. The van der Waals surface area contributed by atoms with E-state index in [-0.39, 0.29) is 17.9 Å². The molecule has 0 fully saturated rings. The minimum absolute atomic E-state index is 0.0172. The van der Waals surface area contributed by atoms with Crippen LogP contribution in [0.2, 0.25) is 5.02 Å². The summed E-state index contributed by atoms with van der Waals surface area (Å²) in [7, 11) is 0. The molecule has 0 unspecified atom stereocenters. The van der Waals surface area contributed by atoms with Gasteiger partial charge in [0, 0.05) is 24.9 Å². The average Bonchev–Trinajstić information content (AvgIpc) is 2.64. The van der Waals surface area contributed by atoms with Crippen molar-refractivity contribution in [1.82, 2.24) is 10.6 Å². The number of carbonyl (C=O) groups is 2. The Morgan fingerprint density at radius 1 is 0.923 bits per heavy atom. The molecule has 2 aromatic rings. The van der Waals surface area contributed by atoms with Gasteiger partial charge in [0.2, 0.25) is 11.8 Å². The van der Waals surface area contributed by atoms with Gasteiger partial charge in [0.15, 0.2) is 0 Å². The van der Waals surface area contributed by atoms with Crippen LogP contribution in [0.4, 0.5) is 0 Å². The fourth-order valence-corrected chi connectivity index (χ4v) is 2.87. The van der Waals surface area contributed by atoms with Crippen LogP contribution in [0.1, 0.15) is 49.8 Å². The highest BCUT2D eigenvalue weighted by molar-refractivity contribution is 6.30. The number of benzene rings is 2. The molecule has 4 nitrogen and oxygen atoms in total. The van der Waals surface area contributed by atoms with Gasteiger partial charge in [0.1, 0.15) is 0 Å². The predicted molar refractivity (Wildman–Crippen MR) is 105 cm³/mol. The zero-order chi connectivity index (χ0) is 18.8. The molecule has 5 heteroatoms. The Balaban J connectivity index is 1.91. The van der Waals surface area contributed by atoms with Crippen molar-refractivity contribution in [2.75, 3.05) is 6.54 Å². The summed E-state index contributed by atoms with van der Waals surface area (Å²) < 4.78 is 0. The lowest BCUT2D eigenvalue weighted by atomic mass is 9.98. The molecule has 0 saturated heterocycles. The standard InChI is InChI=1S/C21H25ClN2O2/c1-16(25)23-15-7-3-6-10-20(26)24-21(17-8-4-2-5-9-17)18-11-13-19(22)14-12-18/h2,4-5,8-9,11-14,21H,3,6-7,10,15H2,1H3,(H,23,25)(H,24,26)/t21-/m0/s1. The Hall–Kier alpha value is -2.33. The first-order valence-electron chi connectivity index (χ1n) is 8.90. The van der Waals surface area contributed by atoms with E-state index in [2.05, 4.69) is 10.6 Å². The van der Waals surface area contributed by atoms with Gasteiger partial charge >= 0.3 is 0 Å². The Labute approximate surface area is 159 Å². The van der Waals surface area contributed by atoms with Gasteiger partial charge in [-0.15, -0.1) is 0 Å². The van der Waals surface area contributed by atoms with Crippen molar-refractivity contribution < 1.29 is 9.59 Å². The van der Waals surface area contributed by atoms with E-state index in [1.165, 1.54) is 6.92 Å². The molecule has 0 aliphatic rings. The van der Waals surface area contributed by atoms with Gasteiger partial charge in [-0.1, -0.05) is 60.5 Å². The predicted octanol–water partition coefficient (Wildman–Crippen LogP) is 4.24. The quantitative estimate of drug-likeness (QED) is 0.647. The third-order valence-corrected chi connectivity index (χ3v) is 4.35. The maximum atomic E-state index is 12.4. The smallest absolute Gasteiger partial charge is 0.220 e. The number of halogens is 1. The van der Waals surface area contributed by atoms with E-state index in [0.29, 0.717) is 18.0 Å². The number of carbonyl (C=O) groups excluding carboxylic acids is 2. The van der Waals surface area contributed by atoms with E-state index in [1.54, 1.807) is 0 Å². The van der Waals surface area contributed by atoms with Gasteiger partial charge in [-0.25, -0.2) is 0 Å². The lowest BCUT2D eigenvalue weighted by molar-refractivity contribution is -0.122. The van der Waals surface area contributed by atoms with Gasteiger partial charge in [0.05, 0.1) is 6.04 Å². The molecule has 0 aliphatic heterocycles. The van der Waals surface area contributed by atoms with Crippen LogP contribution < -0.4 is 10.6 Å². The van der Waals surface area contributed by atoms with Crippen molar-refractivity contribution in [3.05, 3.63) is 70.7 Å². The molecule has 26 heavy (non-hydrogen) atoms. The number of rotatable bonds is 9. The number of amides is 2. The van der Waals surface area contributed by atoms with Gasteiger partial charge in [-0.2, -0.15) is 0 Å². The minimum Gasteiger partial charge on any atom is -0.356 e. The fraction of sp³-hybridized carbons (Fsp3) is 0.333. The second kappa shape index (κ2) is 10.6. The second-order valence-electron chi connectivity index (χ2n) is 6.26. The van der Waals surface area contributed by atoms with Crippen molar-refractivity contribution in [2.45, 2.75) is 38.6 Å². The topological polar surface area (TPSA) is 58.2 Å². The van der Waals surface area contributed by atoms with Crippen LogP contribution in [0.5, 0.6) is 0 Å². The molecule has 0 aromatic heterocycles. The van der Waals surface area contributed by atoms with Gasteiger partial charge in [-0.3, -0.25) is 9.59 Å². The summed E-state index contributed by atoms with van der Waals surface area (Å²) in [5.41, 5.74) is 2.04. The zero-order valence-corrected chi connectivity index (χ0v) is 15.8. The molecule has 2 aromatic carbocycles. The van der Waals surface area contributed by atoms with Crippen LogP contribution in [-0.4, -0.2) is 18.4 Å². The Kier molecular flexibility index (Phi) is 8.16. The summed E-state index contributed by atoms with van der Waals surface area (Å²) in [6.45, 7) is 2.17. The summed E-state index contributed by atoms with van der Waals surface area (Å²) in [6, 6.07) is 17.3. The van der Waals surface area contributed by atoms with E-state index in [9.17, 15) is 9.59 Å². The number of unbranched alkanes of at least 4 members (excludes halogenated alkanes) is 2. The summed E-state index contributed by atoms with van der Waals surface area (Å²) in [4.78, 5) is 23.2. The number of nitrogens with one attached hydrogen (secondary N) is 2. The highest BCUT2D eigenvalue weighted by atomic mass is 35.5. The summed E-state index contributed by atoms with van der Waals surface area (Å²) in [5, 5.41) is 6.56. The molecular formula is C21H25ClN2O2. The Morgan fingerprint density at radius 2 is 1.58 bits per heavy atom. The van der Waals surface area contributed by atoms with E-state index in [0.717, 1.165) is 30.4 Å². The third-order valence-electron chi connectivity index (χ3n) is 4.10. The first kappa shape index (κ1) is 20.0. The summed E-state index contributed by atoms with van der Waals surface area (Å²) in [6.07, 6.45) is 3.06. The maximum Gasteiger partial charge on any atom is 0.220 e. The first-order chi connectivity index (χ1) is 12.6. The molecule has 2 rings (SSSR count). The lowest BCUT2D eigenvalue weighted by Gasteiger charge is -2.20. The highest BCUT2D eigenvalue weighted by Crippen LogP contribution is 2.23. The molecule has 138 valence electrons. The minimum atomic E-state index is -0.194. The maximum absolute atomic E-state index is 12.4. The van der Waals surface area contributed by atoms with Crippen LogP contribution in [0.3, 0.4) is 0 Å². The zero-order valence-electron chi connectivity index (χ0n) is 15.0. The third kappa shape index (κ3) is 6.89. The van der Waals surface area contributed by atoms with Crippen LogP contribution in [0.15, 0.2) is 54.6 Å². The number of hydrogen-bond donors (Lipinski definition) is 2. The van der Waals surface area contributed by atoms with Crippen molar-refractivity contribution >= 4 is 23.4 Å². The van der Waals surface area contributed by atoms with Crippen molar-refractivity contribution in [3.8, 4) is 0 Å². The second-order valence-corrected chi connectivity index (χ2v) is 6.69. The summed E-state index contributed by atoms with van der Waals surface area (Å²) in [5.74, 6) is 0.00439. The molecular weight excluding hydrogens is 348 g/mol. The highest BCUT2D eigenvalue weighted by Gasteiger charge is 2.16. The van der Waals surface area contributed by atoms with Crippen molar-refractivity contribution in [1.29, 1.82) is 0 Å². The van der Waals surface area contributed by atoms with E-state index >= 15 is 0 Å². The van der Waals surface area contributed by atoms with Gasteiger partial charge < -0.3 is 10.6 Å². The molecule has 2 N–H and O–H groups in total.